The smallest absolute Gasteiger partial charge is 0.274 e. The van der Waals surface area contributed by atoms with Gasteiger partial charge < -0.3 is 34.6 Å². The predicted octanol–water partition coefficient (Wildman–Crippen LogP) is 2.36. The molecule has 0 bridgehead atoms. The van der Waals surface area contributed by atoms with Gasteiger partial charge in [0, 0.05) is 39.3 Å². The largest absolute Gasteiger partial charge is 0.394 e. The van der Waals surface area contributed by atoms with Crippen LogP contribution in [0.25, 0.3) is 10.3 Å². The molecule has 0 aromatic carbocycles. The summed E-state index contributed by atoms with van der Waals surface area (Å²) in [6.07, 6.45) is 3.14. The number of carbonyl (C=O) groups excluding carboxylic acids is 1. The quantitative estimate of drug-likeness (QED) is 0.484. The van der Waals surface area contributed by atoms with Crippen molar-refractivity contribution in [2.24, 2.45) is 0 Å². The molecular weight excluding hydrogens is 506 g/mol. The Kier molecular flexibility index (Phi) is 7.54. The number of piperidine rings is 1. The lowest BCUT2D eigenvalue weighted by Crippen LogP contribution is -2.44. The lowest BCUT2D eigenvalue weighted by molar-refractivity contribution is 0.00336. The van der Waals surface area contributed by atoms with Crippen LogP contribution in [-0.4, -0.2) is 97.8 Å². The Morgan fingerprint density at radius 2 is 1.82 bits per heavy atom. The van der Waals surface area contributed by atoms with Crippen LogP contribution in [0.4, 0.5) is 22.5 Å². The normalized spacial score (nSPS) is 20.7. The molecule has 1 atom stereocenters. The summed E-state index contributed by atoms with van der Waals surface area (Å²) < 4.78 is 12.0. The number of aliphatic hydroxyl groups excluding tert-OH is 1. The van der Waals surface area contributed by atoms with Crippen LogP contribution in [0.3, 0.4) is 0 Å². The van der Waals surface area contributed by atoms with Crippen molar-refractivity contribution in [2.45, 2.75) is 25.4 Å². The van der Waals surface area contributed by atoms with Crippen molar-refractivity contribution in [2.75, 3.05) is 85.7 Å². The number of hydrogen-bond acceptors (Lipinski definition) is 11. The maximum absolute atomic E-state index is 13.5. The SMILES string of the molecule is O=C(Nc1cc2sc(N3CCOCC3)nc2nc1N1CCCCC1)c1cccc(N2CCOC(CO)C2)n1. The Balaban J connectivity index is 1.28. The van der Waals surface area contributed by atoms with Crippen molar-refractivity contribution in [3.05, 3.63) is 30.0 Å². The molecular formula is C26H33N7O4S. The molecule has 12 heteroatoms. The molecule has 3 aliphatic rings. The average molecular weight is 540 g/mol. The van der Waals surface area contributed by atoms with Gasteiger partial charge in [-0.2, -0.15) is 4.98 Å². The molecule has 3 aromatic heterocycles. The van der Waals surface area contributed by atoms with Gasteiger partial charge in [-0.05, 0) is 37.5 Å². The van der Waals surface area contributed by atoms with Crippen LogP contribution < -0.4 is 20.0 Å². The van der Waals surface area contributed by atoms with E-state index in [0.29, 0.717) is 55.8 Å². The zero-order valence-corrected chi connectivity index (χ0v) is 22.2. The lowest BCUT2D eigenvalue weighted by Gasteiger charge is -2.33. The number of aliphatic hydroxyl groups is 1. The van der Waals surface area contributed by atoms with Gasteiger partial charge in [-0.3, -0.25) is 4.79 Å². The standard InChI is InChI=1S/C26H33N7O4S/c34-17-18-16-33(11-14-37-18)22-6-4-5-19(27-22)25(35)28-20-15-21-23(29-24(20)31-7-2-1-3-8-31)30-26(38-21)32-9-12-36-13-10-32/h4-6,15,18,34H,1-3,7-14,16-17H2,(H,28,35). The van der Waals surface area contributed by atoms with E-state index < -0.39 is 0 Å². The molecule has 2 N–H and O–H groups in total. The van der Waals surface area contributed by atoms with E-state index in [-0.39, 0.29) is 18.6 Å². The second kappa shape index (κ2) is 11.4. The van der Waals surface area contributed by atoms with Gasteiger partial charge in [0.05, 0.1) is 42.9 Å². The number of fused-ring (bicyclic) bond motifs is 1. The molecule has 3 aliphatic heterocycles. The van der Waals surface area contributed by atoms with Crippen LogP contribution >= 0.6 is 11.3 Å². The first-order chi connectivity index (χ1) is 18.7. The fourth-order valence-electron chi connectivity index (χ4n) is 5.12. The summed E-state index contributed by atoms with van der Waals surface area (Å²) >= 11 is 1.59. The van der Waals surface area contributed by atoms with E-state index in [1.807, 2.05) is 23.1 Å². The predicted molar refractivity (Wildman–Crippen MR) is 148 cm³/mol. The molecule has 6 heterocycles. The van der Waals surface area contributed by atoms with E-state index in [1.54, 1.807) is 17.4 Å². The fraction of sp³-hybridized carbons (Fsp3) is 0.538. The highest BCUT2D eigenvalue weighted by atomic mass is 32.1. The Morgan fingerprint density at radius 1 is 1.00 bits per heavy atom. The van der Waals surface area contributed by atoms with Crippen LogP contribution in [0.15, 0.2) is 24.3 Å². The van der Waals surface area contributed by atoms with Crippen LogP contribution in [-0.2, 0) is 9.47 Å². The van der Waals surface area contributed by atoms with Gasteiger partial charge in [0.25, 0.3) is 5.91 Å². The molecule has 202 valence electrons. The summed E-state index contributed by atoms with van der Waals surface area (Å²) in [7, 11) is 0. The Hall–Kier alpha value is -3.06. The van der Waals surface area contributed by atoms with Crippen molar-refractivity contribution in [3.8, 4) is 0 Å². The van der Waals surface area contributed by atoms with Crippen molar-refractivity contribution in [3.63, 3.8) is 0 Å². The number of carbonyl (C=O) groups is 1. The number of amides is 1. The first kappa shape index (κ1) is 25.2. The molecule has 1 amide bonds. The van der Waals surface area contributed by atoms with Gasteiger partial charge in [-0.25, -0.2) is 9.97 Å². The summed E-state index contributed by atoms with van der Waals surface area (Å²) in [6, 6.07) is 7.45. The minimum absolute atomic E-state index is 0.0454. The van der Waals surface area contributed by atoms with Crippen LogP contribution in [0.2, 0.25) is 0 Å². The van der Waals surface area contributed by atoms with E-state index in [1.165, 1.54) is 6.42 Å². The van der Waals surface area contributed by atoms with Crippen molar-refractivity contribution < 1.29 is 19.4 Å². The monoisotopic (exact) mass is 539 g/mol. The first-order valence-electron chi connectivity index (χ1n) is 13.3. The lowest BCUT2D eigenvalue weighted by atomic mass is 10.1. The van der Waals surface area contributed by atoms with E-state index in [0.717, 1.165) is 54.7 Å². The number of rotatable bonds is 6. The molecule has 0 spiro atoms. The molecule has 3 aromatic rings. The van der Waals surface area contributed by atoms with E-state index in [2.05, 4.69) is 20.1 Å². The molecule has 6 rings (SSSR count). The number of nitrogens with zero attached hydrogens (tertiary/aromatic N) is 6. The third-order valence-corrected chi connectivity index (χ3v) is 8.22. The molecule has 1 unspecified atom stereocenters. The summed E-state index contributed by atoms with van der Waals surface area (Å²) in [5.74, 6) is 1.18. The number of thiazole rings is 1. The minimum Gasteiger partial charge on any atom is -0.394 e. The first-order valence-corrected chi connectivity index (χ1v) is 14.1. The zero-order chi connectivity index (χ0) is 25.9. The highest BCUT2D eigenvalue weighted by molar-refractivity contribution is 7.22. The van der Waals surface area contributed by atoms with Crippen molar-refractivity contribution in [1.29, 1.82) is 0 Å². The minimum atomic E-state index is -0.281. The molecule has 3 saturated heterocycles. The Labute approximate surface area is 225 Å². The molecule has 3 fully saturated rings. The Morgan fingerprint density at radius 3 is 2.63 bits per heavy atom. The van der Waals surface area contributed by atoms with Crippen molar-refractivity contribution in [1.82, 2.24) is 15.0 Å². The third kappa shape index (κ3) is 5.39. The number of nitrogens with one attached hydrogen (secondary N) is 1. The highest BCUT2D eigenvalue weighted by Gasteiger charge is 2.24. The van der Waals surface area contributed by atoms with Crippen LogP contribution in [0.1, 0.15) is 29.8 Å². The van der Waals surface area contributed by atoms with Gasteiger partial charge in [-0.1, -0.05) is 17.4 Å². The molecule has 11 nitrogen and oxygen atoms in total. The number of pyridine rings is 2. The van der Waals surface area contributed by atoms with Gasteiger partial charge >= 0.3 is 0 Å². The molecule has 0 saturated carbocycles. The molecule has 38 heavy (non-hydrogen) atoms. The zero-order valence-electron chi connectivity index (χ0n) is 21.3. The number of aromatic nitrogens is 3. The van der Waals surface area contributed by atoms with Gasteiger partial charge in [0.15, 0.2) is 16.6 Å². The summed E-state index contributed by atoms with van der Waals surface area (Å²) in [5.41, 5.74) is 1.72. The average Bonchev–Trinajstić information content (AvgIpc) is 3.41. The molecule has 0 aliphatic carbocycles. The van der Waals surface area contributed by atoms with Crippen LogP contribution in [0.5, 0.6) is 0 Å². The maximum Gasteiger partial charge on any atom is 0.274 e. The second-order valence-electron chi connectivity index (χ2n) is 9.78. The highest BCUT2D eigenvalue weighted by Crippen LogP contribution is 2.35. The van der Waals surface area contributed by atoms with E-state index in [9.17, 15) is 9.90 Å². The molecule has 0 radical (unpaired) electrons. The van der Waals surface area contributed by atoms with E-state index in [4.69, 9.17) is 19.4 Å². The second-order valence-corrected chi connectivity index (χ2v) is 10.8. The summed E-state index contributed by atoms with van der Waals surface area (Å²) in [6.45, 7) is 6.47. The number of ether oxygens (including phenoxy) is 2. The number of anilines is 4. The topological polar surface area (TPSA) is 116 Å². The summed E-state index contributed by atoms with van der Waals surface area (Å²) in [5, 5.41) is 13.5. The van der Waals surface area contributed by atoms with Gasteiger partial charge in [0.2, 0.25) is 0 Å². The van der Waals surface area contributed by atoms with Crippen LogP contribution in [0, 0.1) is 0 Å². The number of hydrogen-bond donors (Lipinski definition) is 2. The fourth-order valence-corrected chi connectivity index (χ4v) is 6.12. The van der Waals surface area contributed by atoms with E-state index >= 15 is 0 Å². The van der Waals surface area contributed by atoms with Gasteiger partial charge in [0.1, 0.15) is 11.5 Å². The summed E-state index contributed by atoms with van der Waals surface area (Å²) in [4.78, 5) is 34.4. The van der Waals surface area contributed by atoms with Crippen molar-refractivity contribution >= 4 is 50.0 Å². The number of morpholine rings is 2. The Bertz CT molecular complexity index is 1280. The maximum atomic E-state index is 13.5. The third-order valence-electron chi connectivity index (χ3n) is 7.17. The van der Waals surface area contributed by atoms with Gasteiger partial charge in [-0.15, -0.1) is 0 Å².